The average molecular weight is 1260 g/mol. The van der Waals surface area contributed by atoms with Crippen LogP contribution in [0.25, 0.3) is 0 Å². The lowest BCUT2D eigenvalue weighted by molar-refractivity contribution is -0.132. The fourth-order valence-electron chi connectivity index (χ4n) is 9.22. The number of carbonyl (C=O) groups is 8. The number of unbranched alkanes of at least 4 members (excludes halogenated alkanes) is 21. The Kier molecular flexibility index (Phi) is 53.9. The molecule has 0 rings (SSSR count). The minimum atomic E-state index is -1.28. The van der Waals surface area contributed by atoms with Gasteiger partial charge in [0.05, 0.1) is 37.4 Å². The molecule has 0 aliphatic heterocycles. The molecule has 0 aromatic heterocycles. The van der Waals surface area contributed by atoms with Crippen molar-refractivity contribution >= 4 is 70.8 Å². The molecule has 0 aliphatic rings. The summed E-state index contributed by atoms with van der Waals surface area (Å²) in [6.45, 7) is 6.95. The van der Waals surface area contributed by atoms with Crippen molar-refractivity contribution in [2.45, 2.75) is 268 Å². The van der Waals surface area contributed by atoms with Gasteiger partial charge in [-0.1, -0.05) is 149 Å². The number of hydrogen-bond donors (Lipinski definition) is 15. The summed E-state index contributed by atoms with van der Waals surface area (Å²) in [5, 5.41) is 42.3. The number of hydrogen-bond acceptors (Lipinski definition) is 17. The minimum Gasteiger partial charge on any atom is -0.394 e. The van der Waals surface area contributed by atoms with E-state index in [9.17, 15) is 48.6 Å². The quantitative estimate of drug-likeness (QED) is 0.0389. The molecule has 8 atom stereocenters. The molecule has 8 unspecified atom stereocenters. The molecule has 0 saturated carbocycles. The van der Waals surface area contributed by atoms with Gasteiger partial charge in [0, 0.05) is 49.2 Å². The highest BCUT2D eigenvalue weighted by atomic mass is 32.2. The van der Waals surface area contributed by atoms with E-state index in [4.69, 9.17) is 28.7 Å². The van der Waals surface area contributed by atoms with Crippen LogP contribution in [0.15, 0.2) is 0 Å². The lowest BCUT2D eigenvalue weighted by Crippen LogP contribution is -2.57. The summed E-state index contributed by atoms with van der Waals surface area (Å²) in [5.74, 6) is -3.37. The van der Waals surface area contributed by atoms with E-state index in [-0.39, 0.29) is 36.2 Å². The molecule has 502 valence electrons. The molecule has 20 N–H and O–H groups in total. The van der Waals surface area contributed by atoms with Crippen LogP contribution in [0.4, 0.5) is 0 Å². The Morgan fingerprint density at radius 3 is 0.919 bits per heavy atom. The van der Waals surface area contributed by atoms with Gasteiger partial charge in [-0.15, -0.1) is 0 Å². The van der Waals surface area contributed by atoms with Crippen LogP contribution in [0, 0.1) is 0 Å². The van der Waals surface area contributed by atoms with Crippen molar-refractivity contribution in [2.24, 2.45) is 28.7 Å². The van der Waals surface area contributed by atoms with Gasteiger partial charge in [-0.2, -0.15) is 23.5 Å². The first-order valence-electron chi connectivity index (χ1n) is 32.9. The average Bonchev–Trinajstić information content (AvgIpc) is 3.71. The first-order chi connectivity index (χ1) is 41.5. The van der Waals surface area contributed by atoms with Crippen molar-refractivity contribution in [1.29, 1.82) is 0 Å². The molecule has 0 spiro atoms. The predicted octanol–water partition coefficient (Wildman–Crippen LogP) is 3.26. The normalized spacial score (nSPS) is 14.1. The summed E-state index contributed by atoms with van der Waals surface area (Å²) in [4.78, 5) is 106. The Balaban J connectivity index is 5.88. The lowest BCUT2D eigenvalue weighted by Gasteiger charge is -2.24. The van der Waals surface area contributed by atoms with Gasteiger partial charge >= 0.3 is 0 Å². The van der Waals surface area contributed by atoms with Crippen molar-refractivity contribution < 1.29 is 48.6 Å². The second-order valence-corrected chi connectivity index (χ2v) is 25.1. The van der Waals surface area contributed by atoms with E-state index in [1.165, 1.54) is 101 Å². The van der Waals surface area contributed by atoms with Gasteiger partial charge in [0.25, 0.3) is 0 Å². The number of amides is 8. The first-order valence-corrected chi connectivity index (χ1v) is 35.2. The van der Waals surface area contributed by atoms with Crippen LogP contribution in [0.1, 0.15) is 220 Å². The van der Waals surface area contributed by atoms with Crippen LogP contribution in [0.3, 0.4) is 0 Å². The van der Waals surface area contributed by atoms with Gasteiger partial charge in [-0.25, -0.2) is 0 Å². The molecule has 25 heteroatoms. The maximum absolute atomic E-state index is 13.9. The highest BCUT2D eigenvalue weighted by molar-refractivity contribution is 8.03. The van der Waals surface area contributed by atoms with E-state index in [1.54, 1.807) is 0 Å². The van der Waals surface area contributed by atoms with Crippen molar-refractivity contribution in [1.82, 2.24) is 42.5 Å². The van der Waals surface area contributed by atoms with Crippen molar-refractivity contribution in [2.75, 3.05) is 68.9 Å². The zero-order chi connectivity index (χ0) is 64.0. The van der Waals surface area contributed by atoms with Gasteiger partial charge in [0.2, 0.25) is 47.3 Å². The summed E-state index contributed by atoms with van der Waals surface area (Å²) in [5.41, 5.74) is 30.0. The summed E-state index contributed by atoms with van der Waals surface area (Å²) in [7, 11) is 0. The van der Waals surface area contributed by atoms with Crippen molar-refractivity contribution in [3.8, 4) is 0 Å². The molecule has 0 radical (unpaired) electrons. The minimum absolute atomic E-state index is 0.0386. The molecular formula is C61H121N13O10S2. The Morgan fingerprint density at radius 2 is 0.593 bits per heavy atom. The summed E-state index contributed by atoms with van der Waals surface area (Å²) in [6.07, 6.45) is 28.6. The predicted molar refractivity (Wildman–Crippen MR) is 350 cm³/mol. The van der Waals surface area contributed by atoms with Gasteiger partial charge in [-0.05, 0) is 77.2 Å². The SMILES string of the molecule is CCCCCCCCCCCCNC(=O)C(CO)NC(=O)C(CSCCSCC(NC(=O)C(N)CCCCNC(=O)C(N)CCCN)C(=O)NC(CO)C(=O)NCCCCCCCCCCCC)NC(=O)C(N)CCCCNC(=O)C(N)CCCC. The first kappa shape index (κ1) is 82.2. The molecule has 0 aromatic carbocycles. The molecule has 0 bridgehead atoms. The van der Waals surface area contributed by atoms with Crippen LogP contribution in [0.2, 0.25) is 0 Å². The van der Waals surface area contributed by atoms with E-state index in [1.807, 2.05) is 6.92 Å². The molecular weight excluding hydrogens is 1140 g/mol. The van der Waals surface area contributed by atoms with Gasteiger partial charge < -0.3 is 81.4 Å². The maximum Gasteiger partial charge on any atom is 0.244 e. The highest BCUT2D eigenvalue weighted by Crippen LogP contribution is 2.14. The summed E-state index contributed by atoms with van der Waals surface area (Å²) < 4.78 is 0. The molecule has 0 heterocycles. The van der Waals surface area contributed by atoms with E-state index >= 15 is 0 Å². The Labute approximate surface area is 525 Å². The molecule has 8 amide bonds. The van der Waals surface area contributed by atoms with Crippen LogP contribution >= 0.6 is 23.5 Å². The van der Waals surface area contributed by atoms with Crippen LogP contribution in [0.5, 0.6) is 0 Å². The third-order valence-electron chi connectivity index (χ3n) is 14.9. The molecule has 0 saturated heterocycles. The van der Waals surface area contributed by atoms with Crippen LogP contribution in [-0.2, 0) is 38.4 Å². The second-order valence-electron chi connectivity index (χ2n) is 22.8. The number of aliphatic hydroxyl groups is 2. The Hall–Kier alpha value is -3.82. The van der Waals surface area contributed by atoms with E-state index < -0.39 is 97.0 Å². The maximum atomic E-state index is 13.9. The van der Waals surface area contributed by atoms with Gasteiger partial charge in [-0.3, -0.25) is 38.4 Å². The largest absolute Gasteiger partial charge is 0.394 e. The van der Waals surface area contributed by atoms with E-state index in [0.717, 1.165) is 64.2 Å². The smallest absolute Gasteiger partial charge is 0.244 e. The van der Waals surface area contributed by atoms with Gasteiger partial charge in [0.1, 0.15) is 24.2 Å². The fourth-order valence-corrected chi connectivity index (χ4v) is 11.4. The third-order valence-corrected chi connectivity index (χ3v) is 17.3. The molecule has 23 nitrogen and oxygen atoms in total. The zero-order valence-electron chi connectivity index (χ0n) is 53.2. The molecule has 0 aliphatic carbocycles. The summed E-state index contributed by atoms with van der Waals surface area (Å²) >= 11 is 2.60. The van der Waals surface area contributed by atoms with Gasteiger partial charge in [0.15, 0.2) is 0 Å². The fraction of sp³-hybridized carbons (Fsp3) is 0.869. The van der Waals surface area contributed by atoms with E-state index in [0.29, 0.717) is 89.2 Å². The Bertz CT molecular complexity index is 1680. The second kappa shape index (κ2) is 56.4. The molecule has 0 fully saturated rings. The summed E-state index contributed by atoms with van der Waals surface area (Å²) in [6, 6.07) is -8.16. The van der Waals surface area contributed by atoms with Crippen molar-refractivity contribution in [3.63, 3.8) is 0 Å². The van der Waals surface area contributed by atoms with Crippen molar-refractivity contribution in [3.05, 3.63) is 0 Å². The molecule has 86 heavy (non-hydrogen) atoms. The number of carbonyl (C=O) groups excluding carboxylic acids is 8. The Morgan fingerprint density at radius 1 is 0.326 bits per heavy atom. The topological polar surface area (TPSA) is 403 Å². The highest BCUT2D eigenvalue weighted by Gasteiger charge is 2.30. The monoisotopic (exact) mass is 1260 g/mol. The zero-order valence-corrected chi connectivity index (χ0v) is 54.8. The van der Waals surface area contributed by atoms with Crippen LogP contribution < -0.4 is 71.2 Å². The number of nitrogens with two attached hydrogens (primary N) is 5. The number of thioether (sulfide) groups is 2. The van der Waals surface area contributed by atoms with Crippen LogP contribution in [-0.4, -0.2) is 175 Å². The standard InChI is InChI=1S/C61H121N13O10S2/c1-4-7-10-12-14-16-18-20-22-26-36-69-58(81)50(42-75)71-60(83)52(73-56(79)48(65)32-24-28-38-67-54(77)46(63)31-9-6-3)44-85-40-41-86-45-53(74-57(80)49(66)33-25-29-39-68-55(78)47(64)34-30-35-62)61(84)72-51(43-76)59(82)70-37-27-23-21-19-17-15-13-11-8-5-2/h46-53,75-76H,4-45,62-66H2,1-3H3,(H,67,77)(H,68,78)(H,69,81)(H,70,82)(H,71,83)(H,72,84)(H,73,79)(H,74,80). The number of rotatable bonds is 59. The third kappa shape index (κ3) is 43.8. The lowest BCUT2D eigenvalue weighted by atomic mass is 10.1. The van der Waals surface area contributed by atoms with E-state index in [2.05, 4.69) is 56.4 Å². The molecule has 0 aromatic rings. The number of nitrogens with one attached hydrogen (secondary N) is 8. The number of aliphatic hydroxyl groups excluding tert-OH is 2.